The summed E-state index contributed by atoms with van der Waals surface area (Å²) in [4.78, 5) is 2.37. The first-order chi connectivity index (χ1) is 34.2. The largest absolute Gasteiger partial charge is 0.311 e. The fourth-order valence-electron chi connectivity index (χ4n) is 11.1. The van der Waals surface area contributed by atoms with E-state index in [4.69, 9.17) is 0 Å². The molecule has 2 heterocycles. The summed E-state index contributed by atoms with van der Waals surface area (Å²) in [7, 11) is -2.62. The van der Waals surface area contributed by atoms with Gasteiger partial charge in [-0.15, -0.1) is 0 Å². The maximum absolute atomic E-state index is 2.62. The molecule has 0 aliphatic carbocycles. The summed E-state index contributed by atoms with van der Waals surface area (Å²) < 4.78 is 2.46. The minimum atomic E-state index is -2.62. The molecule has 0 bridgehead atoms. The number of hydrogen-bond acceptors (Lipinski definition) is 1. The summed E-state index contributed by atoms with van der Waals surface area (Å²) in [5.41, 5.74) is 14.2. The van der Waals surface area contributed by atoms with Crippen molar-refractivity contribution < 1.29 is 0 Å². The summed E-state index contributed by atoms with van der Waals surface area (Å²) in [6.45, 7) is 0. The molecule has 2 nitrogen and oxygen atoms in total. The average Bonchev–Trinajstić information content (AvgIpc) is 3.96. The summed E-state index contributed by atoms with van der Waals surface area (Å²) in [5, 5.41) is 10.7. The van der Waals surface area contributed by atoms with Gasteiger partial charge in [0.15, 0.2) is 8.07 Å². The van der Waals surface area contributed by atoms with E-state index in [1.165, 1.54) is 92.2 Å². The topological polar surface area (TPSA) is 7.65 Å². The van der Waals surface area contributed by atoms with E-state index in [1.807, 2.05) is 0 Å². The van der Waals surface area contributed by atoms with Crippen LogP contribution in [0.5, 0.6) is 0 Å². The molecule has 0 N–H and O–H groups in total. The van der Waals surface area contributed by atoms with Crippen molar-refractivity contribution in [1.82, 2.24) is 4.40 Å². The standard InChI is InChI=1S/C66H46N2Si/c1-5-16-47(17-6-1)48-28-37-53(38-29-48)67(55-41-32-51(33-42-55)52-36-45-61-63-26-15-25-62-60-24-13-14-27-64(60)68(66(62)63)65(61)46-52)54-39-30-49(31-40-54)50-34-43-59(44-35-50)69(56-18-7-2-8-19-56,57-20-9-3-10-21-57)58-22-11-4-12-23-58/h1-46H. The Balaban J connectivity index is 0.867. The number of fused-ring (bicyclic) bond motifs is 6. The van der Waals surface area contributed by atoms with Crippen molar-refractivity contribution in [1.29, 1.82) is 0 Å². The molecule has 0 fully saturated rings. The highest BCUT2D eigenvalue weighted by Gasteiger charge is 2.41. The Hall–Kier alpha value is -8.76. The number of rotatable bonds is 10. The van der Waals surface area contributed by atoms with Gasteiger partial charge in [0.1, 0.15) is 0 Å². The lowest BCUT2D eigenvalue weighted by molar-refractivity contribution is 1.28. The SMILES string of the molecule is c1ccc(-c2ccc(N(c3ccc(-c4ccc([Si](c5ccccc5)(c5ccccc5)c5ccccc5)cc4)cc3)c3ccc(-c4ccc5c6cccc7c8ccccc8n(c5c4)c76)cc3)cc2)cc1. The molecule has 13 aromatic rings. The van der Waals surface area contributed by atoms with Crippen molar-refractivity contribution in [3.63, 3.8) is 0 Å². The van der Waals surface area contributed by atoms with Gasteiger partial charge in [0, 0.05) is 38.6 Å². The monoisotopic (exact) mass is 894 g/mol. The smallest absolute Gasteiger partial charge is 0.179 e. The van der Waals surface area contributed by atoms with Crippen LogP contribution in [0.15, 0.2) is 279 Å². The number of para-hydroxylation sites is 2. The van der Waals surface area contributed by atoms with Crippen molar-refractivity contribution in [2.24, 2.45) is 0 Å². The van der Waals surface area contributed by atoms with Crippen LogP contribution in [0.3, 0.4) is 0 Å². The molecule has 69 heavy (non-hydrogen) atoms. The lowest BCUT2D eigenvalue weighted by Crippen LogP contribution is -2.74. The zero-order valence-electron chi connectivity index (χ0n) is 38.0. The Bertz CT molecular complexity index is 3790. The van der Waals surface area contributed by atoms with Gasteiger partial charge in [-0.2, -0.15) is 0 Å². The Morgan fingerprint density at radius 3 is 1.09 bits per heavy atom. The van der Waals surface area contributed by atoms with E-state index in [1.54, 1.807) is 0 Å². The number of nitrogens with zero attached hydrogens (tertiary/aromatic N) is 2. The maximum atomic E-state index is 2.46. The van der Waals surface area contributed by atoms with Gasteiger partial charge in [-0.05, 0) is 103 Å². The second-order valence-electron chi connectivity index (χ2n) is 18.1. The molecule has 324 valence electrons. The van der Waals surface area contributed by atoms with Crippen LogP contribution in [0.1, 0.15) is 0 Å². The van der Waals surface area contributed by atoms with E-state index in [-0.39, 0.29) is 0 Å². The van der Waals surface area contributed by atoms with Crippen molar-refractivity contribution in [3.8, 4) is 33.4 Å². The number of benzene rings is 11. The fourth-order valence-corrected chi connectivity index (χ4v) is 15.8. The summed E-state index contributed by atoms with van der Waals surface area (Å²) in [6.07, 6.45) is 0. The third-order valence-corrected chi connectivity index (χ3v) is 19.1. The van der Waals surface area contributed by atoms with Gasteiger partial charge < -0.3 is 9.30 Å². The third kappa shape index (κ3) is 6.78. The second kappa shape index (κ2) is 16.8. The quantitative estimate of drug-likeness (QED) is 0.0980. The molecule has 0 aliphatic heterocycles. The molecule has 0 unspecified atom stereocenters. The van der Waals surface area contributed by atoms with E-state index < -0.39 is 8.07 Å². The van der Waals surface area contributed by atoms with Crippen LogP contribution in [-0.4, -0.2) is 12.5 Å². The molecular weight excluding hydrogens is 849 g/mol. The van der Waals surface area contributed by atoms with Crippen molar-refractivity contribution in [3.05, 3.63) is 279 Å². The lowest BCUT2D eigenvalue weighted by atomic mass is 10.0. The first kappa shape index (κ1) is 40.5. The van der Waals surface area contributed by atoms with Crippen molar-refractivity contribution in [2.45, 2.75) is 0 Å². The predicted molar refractivity (Wildman–Crippen MR) is 296 cm³/mol. The molecule has 11 aromatic carbocycles. The molecule has 0 radical (unpaired) electrons. The number of hydrogen-bond donors (Lipinski definition) is 0. The molecular formula is C66H46N2Si. The zero-order chi connectivity index (χ0) is 45.7. The molecule has 2 aromatic heterocycles. The second-order valence-corrected chi connectivity index (χ2v) is 21.9. The van der Waals surface area contributed by atoms with Crippen LogP contribution in [-0.2, 0) is 0 Å². The molecule has 0 aliphatic rings. The van der Waals surface area contributed by atoms with Crippen LogP contribution in [0.2, 0.25) is 0 Å². The zero-order valence-corrected chi connectivity index (χ0v) is 39.0. The minimum absolute atomic E-state index is 1.10. The molecule has 0 saturated heterocycles. The first-order valence-corrected chi connectivity index (χ1v) is 25.8. The summed E-state index contributed by atoms with van der Waals surface area (Å²) >= 11 is 0. The Labute approximate surface area is 403 Å². The van der Waals surface area contributed by atoms with Crippen LogP contribution in [0.4, 0.5) is 17.1 Å². The third-order valence-electron chi connectivity index (χ3n) is 14.3. The Morgan fingerprint density at radius 1 is 0.246 bits per heavy atom. The average molecular weight is 895 g/mol. The van der Waals surface area contributed by atoms with Gasteiger partial charge in [0.2, 0.25) is 0 Å². The van der Waals surface area contributed by atoms with Gasteiger partial charge in [-0.25, -0.2) is 0 Å². The lowest BCUT2D eigenvalue weighted by Gasteiger charge is -2.34. The molecule has 0 amide bonds. The van der Waals surface area contributed by atoms with Gasteiger partial charge >= 0.3 is 0 Å². The van der Waals surface area contributed by atoms with Crippen LogP contribution in [0, 0.1) is 0 Å². The highest BCUT2D eigenvalue weighted by molar-refractivity contribution is 7.19. The van der Waals surface area contributed by atoms with Gasteiger partial charge in [0.25, 0.3) is 0 Å². The molecule has 0 spiro atoms. The first-order valence-electron chi connectivity index (χ1n) is 23.8. The van der Waals surface area contributed by atoms with Gasteiger partial charge in [-0.3, -0.25) is 0 Å². The highest BCUT2D eigenvalue weighted by atomic mass is 28.3. The van der Waals surface area contributed by atoms with Crippen LogP contribution >= 0.6 is 0 Å². The fraction of sp³-hybridized carbons (Fsp3) is 0. The Morgan fingerprint density at radius 2 is 0.594 bits per heavy atom. The molecule has 3 heteroatoms. The minimum Gasteiger partial charge on any atom is -0.311 e. The Kier molecular flexibility index (Phi) is 9.88. The van der Waals surface area contributed by atoms with E-state index >= 15 is 0 Å². The molecule has 0 saturated carbocycles. The summed E-state index contributed by atoms with van der Waals surface area (Å²) in [6, 6.07) is 103. The number of anilines is 3. The molecule has 0 atom stereocenters. The van der Waals surface area contributed by atoms with E-state index in [9.17, 15) is 0 Å². The maximum Gasteiger partial charge on any atom is 0.179 e. The van der Waals surface area contributed by atoms with Crippen molar-refractivity contribution >= 4 is 84.0 Å². The van der Waals surface area contributed by atoms with Gasteiger partial charge in [-0.1, -0.05) is 231 Å². The van der Waals surface area contributed by atoms with Crippen molar-refractivity contribution in [2.75, 3.05) is 4.90 Å². The predicted octanol–water partition coefficient (Wildman–Crippen LogP) is 14.7. The number of aromatic nitrogens is 1. The van der Waals surface area contributed by atoms with E-state index in [0.29, 0.717) is 0 Å². The molecule has 13 rings (SSSR count). The van der Waals surface area contributed by atoms with Crippen LogP contribution in [0.25, 0.3) is 71.5 Å². The van der Waals surface area contributed by atoms with E-state index in [0.717, 1.165) is 17.1 Å². The normalized spacial score (nSPS) is 11.8. The highest BCUT2D eigenvalue weighted by Crippen LogP contribution is 2.41. The van der Waals surface area contributed by atoms with E-state index in [2.05, 4.69) is 288 Å². The van der Waals surface area contributed by atoms with Crippen LogP contribution < -0.4 is 25.6 Å². The summed E-state index contributed by atoms with van der Waals surface area (Å²) in [5.74, 6) is 0. The van der Waals surface area contributed by atoms with Gasteiger partial charge in [0.05, 0.1) is 16.6 Å².